The minimum absolute atomic E-state index is 0.431. The number of hydrogen-bond donors (Lipinski definition) is 0. The lowest BCUT2D eigenvalue weighted by atomic mass is 9.90. The first-order valence-corrected chi connectivity index (χ1v) is 15.5. The molecule has 0 aliphatic rings. The molecule has 0 unspecified atom stereocenters. The van der Waals surface area contributed by atoms with Crippen molar-refractivity contribution in [3.8, 4) is 67.5 Å². The Balaban J connectivity index is 1.36. The number of ether oxygens (including phenoxy) is 5. The molecule has 0 atom stereocenters. The van der Waals surface area contributed by atoms with Gasteiger partial charge in [0.25, 0.3) is 0 Å². The first kappa shape index (κ1) is 31.5. The van der Waals surface area contributed by atoms with Crippen molar-refractivity contribution in [3.05, 3.63) is 145 Å². The summed E-state index contributed by atoms with van der Waals surface area (Å²) < 4.78 is 28.3. The van der Waals surface area contributed by atoms with Crippen molar-refractivity contribution in [1.29, 1.82) is 0 Å². The average molecular weight is 623 g/mol. The van der Waals surface area contributed by atoms with Crippen LogP contribution in [0.2, 0.25) is 0 Å². The van der Waals surface area contributed by atoms with E-state index in [-0.39, 0.29) is 0 Å². The quantitative estimate of drug-likeness (QED) is 0.136. The van der Waals surface area contributed by atoms with E-state index in [1.807, 2.05) is 48.5 Å². The van der Waals surface area contributed by atoms with Crippen molar-refractivity contribution < 1.29 is 23.7 Å². The first-order chi connectivity index (χ1) is 23.1. The highest BCUT2D eigenvalue weighted by atomic mass is 16.5. The SMILES string of the molecule is COc1ccc(-c2cccc(COCc3cccc(-c4ccc(OC)cc4)c3-c3ccc(OC)cc3)c2-c2ccc(OC)cc2)cc1. The molecule has 6 aromatic rings. The highest BCUT2D eigenvalue weighted by Crippen LogP contribution is 2.39. The van der Waals surface area contributed by atoms with Gasteiger partial charge in [0.2, 0.25) is 0 Å². The van der Waals surface area contributed by atoms with Gasteiger partial charge in [-0.15, -0.1) is 0 Å². The first-order valence-electron chi connectivity index (χ1n) is 15.5. The van der Waals surface area contributed by atoms with Crippen LogP contribution < -0.4 is 18.9 Å². The lowest BCUT2D eigenvalue weighted by molar-refractivity contribution is 0.108. The lowest BCUT2D eigenvalue weighted by Crippen LogP contribution is -2.01. The van der Waals surface area contributed by atoms with E-state index in [0.29, 0.717) is 13.2 Å². The molecule has 0 saturated carbocycles. The fourth-order valence-corrected chi connectivity index (χ4v) is 5.93. The second kappa shape index (κ2) is 14.7. The number of hydrogen-bond acceptors (Lipinski definition) is 5. The molecule has 0 heterocycles. The van der Waals surface area contributed by atoms with E-state index < -0.39 is 0 Å². The van der Waals surface area contributed by atoms with Crippen LogP contribution >= 0.6 is 0 Å². The molecule has 0 bridgehead atoms. The Morgan fingerprint density at radius 3 is 0.936 bits per heavy atom. The van der Waals surface area contributed by atoms with Crippen molar-refractivity contribution in [2.75, 3.05) is 28.4 Å². The molecule has 6 rings (SSSR count). The monoisotopic (exact) mass is 622 g/mol. The Morgan fingerprint density at radius 1 is 0.340 bits per heavy atom. The fourth-order valence-electron chi connectivity index (χ4n) is 5.93. The third kappa shape index (κ3) is 7.01. The second-order valence-electron chi connectivity index (χ2n) is 11.1. The van der Waals surface area contributed by atoms with Gasteiger partial charge < -0.3 is 23.7 Å². The molecule has 0 fully saturated rings. The third-order valence-electron chi connectivity index (χ3n) is 8.38. The van der Waals surface area contributed by atoms with Crippen molar-refractivity contribution >= 4 is 0 Å². The van der Waals surface area contributed by atoms with E-state index in [9.17, 15) is 0 Å². The minimum atomic E-state index is 0.431. The summed E-state index contributed by atoms with van der Waals surface area (Å²) in [6.45, 7) is 0.861. The molecule has 236 valence electrons. The summed E-state index contributed by atoms with van der Waals surface area (Å²) in [4.78, 5) is 0. The Kier molecular flexibility index (Phi) is 9.85. The van der Waals surface area contributed by atoms with Crippen LogP contribution in [0.5, 0.6) is 23.0 Å². The zero-order chi connectivity index (χ0) is 32.6. The molecule has 0 aliphatic heterocycles. The van der Waals surface area contributed by atoms with Gasteiger partial charge in [-0.25, -0.2) is 0 Å². The summed E-state index contributed by atoms with van der Waals surface area (Å²) in [5.41, 5.74) is 11.1. The summed E-state index contributed by atoms with van der Waals surface area (Å²) in [5.74, 6) is 3.28. The van der Waals surface area contributed by atoms with Crippen molar-refractivity contribution in [1.82, 2.24) is 0 Å². The molecule has 0 amide bonds. The zero-order valence-electron chi connectivity index (χ0n) is 27.2. The molecule has 0 aliphatic carbocycles. The summed E-state index contributed by atoms with van der Waals surface area (Å²) in [6, 6.07) is 45.5. The largest absolute Gasteiger partial charge is 0.497 e. The Morgan fingerprint density at radius 2 is 0.638 bits per heavy atom. The van der Waals surface area contributed by atoms with Crippen LogP contribution in [0.1, 0.15) is 11.1 Å². The molecule has 5 nitrogen and oxygen atoms in total. The van der Waals surface area contributed by atoms with E-state index in [2.05, 4.69) is 84.9 Å². The van der Waals surface area contributed by atoms with Crippen molar-refractivity contribution in [2.45, 2.75) is 13.2 Å². The number of rotatable bonds is 12. The molecule has 5 heteroatoms. The highest BCUT2D eigenvalue weighted by Gasteiger charge is 2.16. The maximum Gasteiger partial charge on any atom is 0.118 e. The van der Waals surface area contributed by atoms with Crippen LogP contribution in [0.15, 0.2) is 133 Å². The maximum absolute atomic E-state index is 6.59. The van der Waals surface area contributed by atoms with Gasteiger partial charge in [0.1, 0.15) is 23.0 Å². The summed E-state index contributed by atoms with van der Waals surface area (Å²) in [6.07, 6.45) is 0. The normalized spacial score (nSPS) is 10.8. The molecule has 0 radical (unpaired) electrons. The van der Waals surface area contributed by atoms with Gasteiger partial charge in [0.05, 0.1) is 41.7 Å². The van der Waals surface area contributed by atoms with Crippen LogP contribution in [-0.4, -0.2) is 28.4 Å². The van der Waals surface area contributed by atoms with Gasteiger partial charge in [-0.3, -0.25) is 0 Å². The third-order valence-corrected chi connectivity index (χ3v) is 8.38. The van der Waals surface area contributed by atoms with Gasteiger partial charge in [-0.2, -0.15) is 0 Å². The molecule has 0 saturated heterocycles. The van der Waals surface area contributed by atoms with E-state index in [0.717, 1.165) is 78.6 Å². The van der Waals surface area contributed by atoms with Gasteiger partial charge in [0, 0.05) is 0 Å². The minimum Gasteiger partial charge on any atom is -0.497 e. The highest BCUT2D eigenvalue weighted by molar-refractivity contribution is 5.87. The smallest absolute Gasteiger partial charge is 0.118 e. The van der Waals surface area contributed by atoms with E-state index >= 15 is 0 Å². The Hall–Kier alpha value is -5.52. The van der Waals surface area contributed by atoms with Crippen LogP contribution in [0.25, 0.3) is 44.5 Å². The lowest BCUT2D eigenvalue weighted by Gasteiger charge is -2.19. The molecule has 0 aromatic heterocycles. The Labute approximate surface area is 276 Å². The maximum atomic E-state index is 6.59. The van der Waals surface area contributed by atoms with Crippen molar-refractivity contribution in [2.24, 2.45) is 0 Å². The molecule has 0 spiro atoms. The van der Waals surface area contributed by atoms with Gasteiger partial charge in [0.15, 0.2) is 0 Å². The summed E-state index contributed by atoms with van der Waals surface area (Å²) >= 11 is 0. The zero-order valence-corrected chi connectivity index (χ0v) is 27.2. The summed E-state index contributed by atoms with van der Waals surface area (Å²) in [7, 11) is 6.73. The fraction of sp³-hybridized carbons (Fsp3) is 0.143. The van der Waals surface area contributed by atoms with E-state index in [4.69, 9.17) is 23.7 Å². The average Bonchev–Trinajstić information content (AvgIpc) is 3.15. The standard InChI is InChI=1S/C42H38O5/c1-43-35-19-11-29(12-20-35)39-9-5-7-33(41(39)31-15-23-37(45-3)24-16-31)27-47-28-34-8-6-10-40(30-13-21-36(44-2)22-14-30)42(34)32-17-25-38(46-4)26-18-32/h5-26H,27-28H2,1-4H3. The second-order valence-corrected chi connectivity index (χ2v) is 11.1. The molecule has 6 aromatic carbocycles. The van der Waals surface area contributed by atoms with Crippen LogP contribution in [-0.2, 0) is 18.0 Å². The number of benzene rings is 6. The van der Waals surface area contributed by atoms with Crippen LogP contribution in [0, 0.1) is 0 Å². The predicted octanol–water partition coefficient (Wildman–Crippen LogP) is 10.1. The number of methoxy groups -OCH3 is 4. The molecular formula is C42H38O5. The van der Waals surface area contributed by atoms with Gasteiger partial charge >= 0.3 is 0 Å². The molecular weight excluding hydrogens is 584 g/mol. The van der Waals surface area contributed by atoms with E-state index in [1.54, 1.807) is 28.4 Å². The van der Waals surface area contributed by atoms with Gasteiger partial charge in [-0.1, -0.05) is 84.9 Å². The van der Waals surface area contributed by atoms with E-state index in [1.165, 1.54) is 0 Å². The van der Waals surface area contributed by atoms with Gasteiger partial charge in [-0.05, 0) is 104 Å². The molecule has 47 heavy (non-hydrogen) atoms. The van der Waals surface area contributed by atoms with Crippen molar-refractivity contribution in [3.63, 3.8) is 0 Å². The van der Waals surface area contributed by atoms with Crippen LogP contribution in [0.4, 0.5) is 0 Å². The van der Waals surface area contributed by atoms with Crippen LogP contribution in [0.3, 0.4) is 0 Å². The molecule has 0 N–H and O–H groups in total. The Bertz CT molecular complexity index is 1770. The predicted molar refractivity (Wildman–Crippen MR) is 189 cm³/mol. The summed E-state index contributed by atoms with van der Waals surface area (Å²) in [5, 5.41) is 0. The topological polar surface area (TPSA) is 46.2 Å².